The van der Waals surface area contributed by atoms with Gasteiger partial charge in [-0.05, 0) is 36.2 Å². The Hall–Kier alpha value is -2.36. The third-order valence-corrected chi connectivity index (χ3v) is 2.81. The maximum Gasteiger partial charge on any atom is 0.127 e. The molecule has 2 aromatic carbocycles. The average molecular weight is 255 g/mol. The van der Waals surface area contributed by atoms with Gasteiger partial charge in [-0.1, -0.05) is 42.5 Å². The quantitative estimate of drug-likeness (QED) is 0.493. The van der Waals surface area contributed by atoms with Crippen molar-refractivity contribution in [3.05, 3.63) is 60.2 Å². The van der Waals surface area contributed by atoms with Crippen LogP contribution in [0.2, 0.25) is 0 Å². The standard InChI is InChI=1S/C15H17N3O/c1-2-15(17-18-16)12-7-6-10-14(11-12)19-13-8-4-3-5-9-13/h3-11,15H,2H2,1H3,(H2,16,17). The highest BCUT2D eigenvalue weighted by Gasteiger charge is 2.09. The third-order valence-electron chi connectivity index (χ3n) is 2.81. The van der Waals surface area contributed by atoms with Crippen molar-refractivity contribution >= 4 is 0 Å². The molecule has 2 N–H and O–H groups in total. The Morgan fingerprint density at radius 2 is 1.79 bits per heavy atom. The minimum Gasteiger partial charge on any atom is -0.457 e. The maximum atomic E-state index is 5.79. The number of para-hydroxylation sites is 1. The van der Waals surface area contributed by atoms with Crippen LogP contribution in [-0.4, -0.2) is 0 Å². The molecule has 0 saturated heterocycles. The molecule has 0 aliphatic rings. The Bertz CT molecular complexity index is 540. The molecule has 4 heteroatoms. The smallest absolute Gasteiger partial charge is 0.127 e. The normalized spacial score (nSPS) is 12.5. The van der Waals surface area contributed by atoms with Gasteiger partial charge < -0.3 is 10.6 Å². The van der Waals surface area contributed by atoms with Crippen molar-refractivity contribution in [2.45, 2.75) is 19.4 Å². The summed E-state index contributed by atoms with van der Waals surface area (Å²) in [5.41, 5.74) is 1.05. The first-order valence-electron chi connectivity index (χ1n) is 6.26. The summed E-state index contributed by atoms with van der Waals surface area (Å²) in [6, 6.07) is 17.5. The third kappa shape index (κ3) is 3.55. The lowest BCUT2D eigenvalue weighted by molar-refractivity contribution is 0.480. The van der Waals surface area contributed by atoms with E-state index in [0.29, 0.717) is 0 Å². The molecule has 0 bridgehead atoms. The Morgan fingerprint density at radius 1 is 1.05 bits per heavy atom. The van der Waals surface area contributed by atoms with Gasteiger partial charge >= 0.3 is 0 Å². The number of rotatable bonds is 5. The fourth-order valence-electron chi connectivity index (χ4n) is 1.87. The second-order valence-corrected chi connectivity index (χ2v) is 4.14. The van der Waals surface area contributed by atoms with Crippen LogP contribution in [0.3, 0.4) is 0 Å². The molecule has 4 nitrogen and oxygen atoms in total. The summed E-state index contributed by atoms with van der Waals surface area (Å²) in [4.78, 5) is 0. The first-order chi connectivity index (χ1) is 9.33. The predicted molar refractivity (Wildman–Crippen MR) is 75.0 cm³/mol. The van der Waals surface area contributed by atoms with E-state index in [1.807, 2.05) is 61.5 Å². The van der Waals surface area contributed by atoms with E-state index in [1.165, 1.54) is 0 Å². The summed E-state index contributed by atoms with van der Waals surface area (Å²) in [7, 11) is 0. The minimum atomic E-state index is -0.0238. The van der Waals surface area contributed by atoms with Crippen LogP contribution in [0.25, 0.3) is 0 Å². The van der Waals surface area contributed by atoms with Crippen molar-refractivity contribution in [1.82, 2.24) is 0 Å². The van der Waals surface area contributed by atoms with Gasteiger partial charge in [0, 0.05) is 0 Å². The van der Waals surface area contributed by atoms with E-state index < -0.39 is 0 Å². The highest BCUT2D eigenvalue weighted by Crippen LogP contribution is 2.27. The van der Waals surface area contributed by atoms with Crippen molar-refractivity contribution in [3.63, 3.8) is 0 Å². The molecule has 0 saturated carbocycles. The van der Waals surface area contributed by atoms with Crippen LogP contribution in [0.1, 0.15) is 24.9 Å². The Kier molecular flexibility index (Phi) is 4.50. The van der Waals surface area contributed by atoms with E-state index in [0.717, 1.165) is 23.5 Å². The first kappa shape index (κ1) is 13.1. The molecule has 0 aliphatic heterocycles. The molecule has 0 aromatic heterocycles. The van der Waals surface area contributed by atoms with Crippen LogP contribution < -0.4 is 10.6 Å². The molecule has 19 heavy (non-hydrogen) atoms. The van der Waals surface area contributed by atoms with Gasteiger partial charge in [0.15, 0.2) is 0 Å². The zero-order valence-corrected chi connectivity index (χ0v) is 10.9. The van der Waals surface area contributed by atoms with Crippen molar-refractivity contribution in [2.24, 2.45) is 16.2 Å². The van der Waals surface area contributed by atoms with Crippen molar-refractivity contribution in [2.75, 3.05) is 0 Å². The fourth-order valence-corrected chi connectivity index (χ4v) is 1.87. The lowest BCUT2D eigenvalue weighted by Crippen LogP contribution is -1.95. The number of ether oxygens (including phenoxy) is 1. The number of hydrogen-bond donors (Lipinski definition) is 1. The van der Waals surface area contributed by atoms with E-state index in [2.05, 4.69) is 10.3 Å². The summed E-state index contributed by atoms with van der Waals surface area (Å²) < 4.78 is 5.79. The molecule has 98 valence electrons. The van der Waals surface area contributed by atoms with Gasteiger partial charge in [-0.2, -0.15) is 5.11 Å². The van der Waals surface area contributed by atoms with Gasteiger partial charge in [0.25, 0.3) is 0 Å². The van der Waals surface area contributed by atoms with E-state index in [-0.39, 0.29) is 6.04 Å². The molecule has 1 atom stereocenters. The summed E-state index contributed by atoms with van der Waals surface area (Å²) in [5.74, 6) is 6.73. The predicted octanol–water partition coefficient (Wildman–Crippen LogP) is 4.26. The molecule has 0 amide bonds. The van der Waals surface area contributed by atoms with Crippen molar-refractivity contribution in [1.29, 1.82) is 0 Å². The molecule has 0 radical (unpaired) electrons. The monoisotopic (exact) mass is 255 g/mol. The Labute approximate surface area is 112 Å². The van der Waals surface area contributed by atoms with Crippen LogP contribution >= 0.6 is 0 Å². The van der Waals surface area contributed by atoms with E-state index in [1.54, 1.807) is 0 Å². The lowest BCUT2D eigenvalue weighted by Gasteiger charge is -2.11. The van der Waals surface area contributed by atoms with Crippen molar-refractivity contribution in [3.8, 4) is 11.5 Å². The molecule has 0 heterocycles. The maximum absolute atomic E-state index is 5.79. The highest BCUT2D eigenvalue weighted by atomic mass is 16.5. The number of nitrogens with zero attached hydrogens (tertiary/aromatic N) is 2. The molecule has 0 aliphatic carbocycles. The molecule has 0 spiro atoms. The first-order valence-corrected chi connectivity index (χ1v) is 6.26. The second-order valence-electron chi connectivity index (χ2n) is 4.14. The summed E-state index contributed by atoms with van der Waals surface area (Å²) in [6.45, 7) is 2.05. The summed E-state index contributed by atoms with van der Waals surface area (Å²) >= 11 is 0. The van der Waals surface area contributed by atoms with Crippen molar-refractivity contribution < 1.29 is 4.74 Å². The topological polar surface area (TPSA) is 60.0 Å². The zero-order valence-electron chi connectivity index (χ0n) is 10.9. The van der Waals surface area contributed by atoms with E-state index in [9.17, 15) is 0 Å². The van der Waals surface area contributed by atoms with Crippen LogP contribution in [-0.2, 0) is 0 Å². The molecule has 0 fully saturated rings. The number of benzene rings is 2. The van der Waals surface area contributed by atoms with E-state index >= 15 is 0 Å². The number of hydrogen-bond acceptors (Lipinski definition) is 3. The van der Waals surface area contributed by atoms with Gasteiger partial charge in [0.2, 0.25) is 0 Å². The second kappa shape index (κ2) is 6.54. The largest absolute Gasteiger partial charge is 0.457 e. The zero-order chi connectivity index (χ0) is 13.5. The van der Waals surface area contributed by atoms with E-state index in [4.69, 9.17) is 10.6 Å². The van der Waals surface area contributed by atoms with Gasteiger partial charge in [-0.25, -0.2) is 0 Å². The van der Waals surface area contributed by atoms with Crippen LogP contribution in [0.4, 0.5) is 0 Å². The van der Waals surface area contributed by atoms with Crippen LogP contribution in [0, 0.1) is 0 Å². The molecular formula is C15H17N3O. The molecule has 2 aromatic rings. The minimum absolute atomic E-state index is 0.0238. The van der Waals surface area contributed by atoms with Gasteiger partial charge in [0.05, 0.1) is 6.04 Å². The van der Waals surface area contributed by atoms with Gasteiger partial charge in [0.1, 0.15) is 11.5 Å². The molecule has 2 rings (SSSR count). The van der Waals surface area contributed by atoms with Gasteiger partial charge in [-0.15, -0.1) is 0 Å². The molecular weight excluding hydrogens is 238 g/mol. The lowest BCUT2D eigenvalue weighted by atomic mass is 10.1. The summed E-state index contributed by atoms with van der Waals surface area (Å²) in [6.07, 6.45) is 0.843. The highest BCUT2D eigenvalue weighted by molar-refractivity contribution is 5.35. The fraction of sp³-hybridized carbons (Fsp3) is 0.200. The number of nitrogens with two attached hydrogens (primary N) is 1. The Morgan fingerprint density at radius 3 is 2.47 bits per heavy atom. The summed E-state index contributed by atoms with van der Waals surface area (Å²) in [5, 5.41) is 7.39. The van der Waals surface area contributed by atoms with Crippen LogP contribution in [0.15, 0.2) is 64.9 Å². The molecule has 1 unspecified atom stereocenters. The van der Waals surface area contributed by atoms with Crippen LogP contribution in [0.5, 0.6) is 11.5 Å². The van der Waals surface area contributed by atoms with Gasteiger partial charge in [-0.3, -0.25) is 0 Å². The average Bonchev–Trinajstić information content (AvgIpc) is 2.46. The SMILES string of the molecule is CCC(N=NN)c1cccc(Oc2ccccc2)c1. The Balaban J connectivity index is 2.19.